The van der Waals surface area contributed by atoms with Crippen LogP contribution in [0.4, 0.5) is 0 Å². The Balaban J connectivity index is 1.99. The van der Waals surface area contributed by atoms with Gasteiger partial charge in [0.15, 0.2) is 0 Å². The summed E-state index contributed by atoms with van der Waals surface area (Å²) in [5.41, 5.74) is 0. The Labute approximate surface area is 77.9 Å². The van der Waals surface area contributed by atoms with Crippen LogP contribution in [0.5, 0.6) is 0 Å². The van der Waals surface area contributed by atoms with Crippen LogP contribution in [0.1, 0.15) is 13.0 Å². The van der Waals surface area contributed by atoms with Gasteiger partial charge in [-0.2, -0.15) is 5.10 Å². The first-order valence-corrected chi connectivity index (χ1v) is 4.61. The number of rotatable bonds is 2. The van der Waals surface area contributed by atoms with Crippen molar-refractivity contribution >= 4 is 0 Å². The number of nitrogens with one attached hydrogen (secondary N) is 1. The van der Waals surface area contributed by atoms with Gasteiger partial charge in [0, 0.05) is 19.3 Å². The number of aromatic nitrogens is 2. The van der Waals surface area contributed by atoms with Crippen LogP contribution in [-0.4, -0.2) is 35.6 Å². The highest BCUT2D eigenvalue weighted by Crippen LogP contribution is 2.13. The molecule has 1 aliphatic heterocycles. The first kappa shape index (κ1) is 8.72. The molecule has 1 N–H and O–H groups in total. The zero-order chi connectivity index (χ0) is 9.10. The molecule has 2 atom stereocenters. The average Bonchev–Trinajstić information content (AvgIpc) is 2.71. The average molecular weight is 180 g/mol. The Morgan fingerprint density at radius 3 is 3.31 bits per heavy atom. The van der Waals surface area contributed by atoms with E-state index >= 15 is 0 Å². The molecule has 0 aliphatic carbocycles. The summed E-state index contributed by atoms with van der Waals surface area (Å²) in [6.07, 6.45) is 4.93. The lowest BCUT2D eigenvalue weighted by atomic mass is 10.1. The normalized spacial score (nSPS) is 25.8. The standard InChI is InChI=1S/C9H14N3O/c1-8(12-5-2-3-11-12)9-7-10-4-6-13-9/h2,5,8-10H,4,6-7H2,1H3. The molecule has 0 saturated carbocycles. The molecule has 4 nitrogen and oxygen atoms in total. The zero-order valence-electron chi connectivity index (χ0n) is 7.73. The van der Waals surface area contributed by atoms with Crippen LogP contribution < -0.4 is 5.32 Å². The minimum atomic E-state index is 0.224. The Morgan fingerprint density at radius 2 is 2.69 bits per heavy atom. The molecule has 2 rings (SSSR count). The summed E-state index contributed by atoms with van der Waals surface area (Å²) in [5.74, 6) is 0. The van der Waals surface area contributed by atoms with E-state index in [9.17, 15) is 0 Å². The lowest BCUT2D eigenvalue weighted by molar-refractivity contribution is -0.00322. The van der Waals surface area contributed by atoms with E-state index in [2.05, 4.69) is 23.5 Å². The number of ether oxygens (including phenoxy) is 1. The van der Waals surface area contributed by atoms with Crippen LogP contribution in [0, 0.1) is 6.20 Å². The molecule has 1 radical (unpaired) electrons. The van der Waals surface area contributed by atoms with E-state index in [1.54, 1.807) is 0 Å². The molecule has 0 aromatic carbocycles. The summed E-state index contributed by atoms with van der Waals surface area (Å²) in [6, 6.07) is 2.09. The molecular weight excluding hydrogens is 166 g/mol. The Hall–Kier alpha value is -0.870. The Bertz CT molecular complexity index is 241. The van der Waals surface area contributed by atoms with Crippen LogP contribution in [0.25, 0.3) is 0 Å². The van der Waals surface area contributed by atoms with Gasteiger partial charge in [0.1, 0.15) is 6.20 Å². The van der Waals surface area contributed by atoms with Crippen LogP contribution in [-0.2, 0) is 4.74 Å². The lowest BCUT2D eigenvalue weighted by Gasteiger charge is -2.28. The molecule has 1 aromatic heterocycles. The molecule has 4 heteroatoms. The molecular formula is C9H14N3O. The van der Waals surface area contributed by atoms with Crippen molar-refractivity contribution in [1.82, 2.24) is 15.1 Å². The number of hydrogen-bond acceptors (Lipinski definition) is 3. The molecule has 1 saturated heterocycles. The number of nitrogens with zero attached hydrogens (tertiary/aromatic N) is 2. The van der Waals surface area contributed by atoms with E-state index in [1.807, 2.05) is 16.9 Å². The largest absolute Gasteiger partial charge is 0.373 e. The van der Waals surface area contributed by atoms with Gasteiger partial charge in [0.25, 0.3) is 0 Å². The van der Waals surface area contributed by atoms with E-state index in [0.717, 1.165) is 19.7 Å². The SMILES string of the molecule is CC(C1CNCCO1)n1cc[c]n1. The predicted octanol–water partition coefficient (Wildman–Crippen LogP) is 0.233. The fourth-order valence-electron chi connectivity index (χ4n) is 1.54. The van der Waals surface area contributed by atoms with Crippen LogP contribution in [0.3, 0.4) is 0 Å². The van der Waals surface area contributed by atoms with E-state index in [4.69, 9.17) is 4.74 Å². The Kier molecular flexibility index (Phi) is 2.61. The summed E-state index contributed by atoms with van der Waals surface area (Å²) in [4.78, 5) is 0. The van der Waals surface area contributed by atoms with Crippen molar-refractivity contribution in [2.75, 3.05) is 19.7 Å². The number of morpholine rings is 1. The second-order valence-corrected chi connectivity index (χ2v) is 3.28. The van der Waals surface area contributed by atoms with Gasteiger partial charge in [-0.15, -0.1) is 0 Å². The summed E-state index contributed by atoms with van der Waals surface area (Å²) in [5, 5.41) is 7.38. The predicted molar refractivity (Wildman–Crippen MR) is 48.4 cm³/mol. The molecule has 0 amide bonds. The summed E-state index contributed by atoms with van der Waals surface area (Å²) < 4.78 is 7.51. The van der Waals surface area contributed by atoms with E-state index in [0.29, 0.717) is 0 Å². The van der Waals surface area contributed by atoms with Gasteiger partial charge in [-0.05, 0) is 13.0 Å². The van der Waals surface area contributed by atoms with Crippen molar-refractivity contribution in [2.45, 2.75) is 19.1 Å². The van der Waals surface area contributed by atoms with E-state index in [-0.39, 0.29) is 12.1 Å². The summed E-state index contributed by atoms with van der Waals surface area (Å²) >= 11 is 0. The van der Waals surface area contributed by atoms with Gasteiger partial charge in [-0.1, -0.05) is 0 Å². The van der Waals surface area contributed by atoms with Crippen molar-refractivity contribution in [1.29, 1.82) is 0 Å². The second-order valence-electron chi connectivity index (χ2n) is 3.28. The summed E-state index contributed by atoms with van der Waals surface area (Å²) in [6.45, 7) is 4.76. The minimum Gasteiger partial charge on any atom is -0.373 e. The van der Waals surface area contributed by atoms with Crippen LogP contribution >= 0.6 is 0 Å². The monoisotopic (exact) mass is 180 g/mol. The smallest absolute Gasteiger partial charge is 0.113 e. The maximum Gasteiger partial charge on any atom is 0.113 e. The fourth-order valence-corrected chi connectivity index (χ4v) is 1.54. The maximum atomic E-state index is 5.63. The third-order valence-corrected chi connectivity index (χ3v) is 2.39. The van der Waals surface area contributed by atoms with Gasteiger partial charge in [-0.25, -0.2) is 0 Å². The van der Waals surface area contributed by atoms with Crippen LogP contribution in [0.15, 0.2) is 12.3 Å². The minimum absolute atomic E-state index is 0.224. The van der Waals surface area contributed by atoms with Crippen molar-refractivity contribution in [3.63, 3.8) is 0 Å². The highest BCUT2D eigenvalue weighted by atomic mass is 16.5. The van der Waals surface area contributed by atoms with Gasteiger partial charge in [0.05, 0.1) is 18.8 Å². The third-order valence-electron chi connectivity index (χ3n) is 2.39. The first-order chi connectivity index (χ1) is 6.38. The number of hydrogen-bond donors (Lipinski definition) is 1. The van der Waals surface area contributed by atoms with Crippen molar-refractivity contribution < 1.29 is 4.74 Å². The molecule has 1 aliphatic rings. The van der Waals surface area contributed by atoms with Crippen molar-refractivity contribution in [3.8, 4) is 0 Å². The first-order valence-electron chi connectivity index (χ1n) is 4.61. The topological polar surface area (TPSA) is 39.1 Å². The second kappa shape index (κ2) is 3.89. The fraction of sp³-hybridized carbons (Fsp3) is 0.667. The highest BCUT2D eigenvalue weighted by Gasteiger charge is 2.21. The quantitative estimate of drug-likeness (QED) is 0.708. The third kappa shape index (κ3) is 1.89. The van der Waals surface area contributed by atoms with Gasteiger partial charge >= 0.3 is 0 Å². The molecule has 71 valence electrons. The Morgan fingerprint density at radius 1 is 1.77 bits per heavy atom. The molecule has 1 aromatic rings. The zero-order valence-corrected chi connectivity index (χ0v) is 7.73. The van der Waals surface area contributed by atoms with Crippen LogP contribution in [0.2, 0.25) is 0 Å². The highest BCUT2D eigenvalue weighted by molar-refractivity contribution is 4.83. The van der Waals surface area contributed by atoms with E-state index < -0.39 is 0 Å². The van der Waals surface area contributed by atoms with Gasteiger partial charge in [-0.3, -0.25) is 4.68 Å². The molecule has 2 heterocycles. The molecule has 0 spiro atoms. The molecule has 13 heavy (non-hydrogen) atoms. The van der Waals surface area contributed by atoms with Crippen molar-refractivity contribution in [3.05, 3.63) is 18.5 Å². The van der Waals surface area contributed by atoms with Crippen molar-refractivity contribution in [2.24, 2.45) is 0 Å². The maximum absolute atomic E-state index is 5.63. The van der Waals surface area contributed by atoms with Gasteiger partial charge in [0.2, 0.25) is 0 Å². The van der Waals surface area contributed by atoms with E-state index in [1.165, 1.54) is 0 Å². The molecule has 1 fully saturated rings. The lowest BCUT2D eigenvalue weighted by Crippen LogP contribution is -2.42. The summed E-state index contributed by atoms with van der Waals surface area (Å²) in [7, 11) is 0. The van der Waals surface area contributed by atoms with Gasteiger partial charge < -0.3 is 10.1 Å². The molecule has 0 bridgehead atoms. The molecule has 2 unspecified atom stereocenters.